The molecule has 1 aliphatic heterocycles. The smallest absolute Gasteiger partial charge is 0.324 e. The van der Waals surface area contributed by atoms with Crippen LogP contribution in [0.25, 0.3) is 0 Å². The second kappa shape index (κ2) is 11.4. The van der Waals surface area contributed by atoms with Gasteiger partial charge in [-0.15, -0.1) is 0 Å². The molecule has 2 rings (SSSR count). The van der Waals surface area contributed by atoms with Gasteiger partial charge in [-0.3, -0.25) is 19.3 Å². The molecule has 1 heterocycles. The van der Waals surface area contributed by atoms with Crippen molar-refractivity contribution in [2.24, 2.45) is 11.3 Å². The fourth-order valence-corrected chi connectivity index (χ4v) is 4.63. The highest BCUT2D eigenvalue weighted by atomic mass is 16.5. The number of esters is 3. The Hall–Kier alpha value is -2.81. The van der Waals surface area contributed by atoms with Crippen LogP contribution in [-0.2, 0) is 35.0 Å². The number of carbonyl (C=O) groups excluding carboxylic acids is 3. The first-order valence-electron chi connectivity index (χ1n) is 10.9. The van der Waals surface area contributed by atoms with Crippen LogP contribution in [-0.4, -0.2) is 71.4 Å². The van der Waals surface area contributed by atoms with Crippen LogP contribution in [0, 0.1) is 11.3 Å². The van der Waals surface area contributed by atoms with E-state index in [1.165, 1.54) is 21.3 Å². The molecule has 0 N–H and O–H groups in total. The van der Waals surface area contributed by atoms with Crippen molar-refractivity contribution in [3.05, 3.63) is 23.3 Å². The Morgan fingerprint density at radius 2 is 1.55 bits per heavy atom. The Labute approximate surface area is 195 Å². The summed E-state index contributed by atoms with van der Waals surface area (Å²) in [6.45, 7) is 4.41. The van der Waals surface area contributed by atoms with Crippen molar-refractivity contribution in [1.29, 1.82) is 0 Å². The van der Waals surface area contributed by atoms with Gasteiger partial charge in [0.1, 0.15) is 0 Å². The number of methoxy groups -OCH3 is 5. The summed E-state index contributed by atoms with van der Waals surface area (Å²) in [6, 6.07) is 3.30. The van der Waals surface area contributed by atoms with Crippen molar-refractivity contribution in [2.45, 2.75) is 39.2 Å². The van der Waals surface area contributed by atoms with E-state index in [-0.39, 0.29) is 25.3 Å². The van der Waals surface area contributed by atoms with E-state index in [2.05, 4.69) is 0 Å². The average Bonchev–Trinajstić information content (AvgIpc) is 2.82. The molecular weight excluding hydrogens is 430 g/mol. The highest BCUT2D eigenvalue weighted by molar-refractivity contribution is 6.00. The van der Waals surface area contributed by atoms with Gasteiger partial charge < -0.3 is 23.7 Å². The third-order valence-electron chi connectivity index (χ3n) is 6.08. The maximum atomic E-state index is 13.0. The molecule has 0 spiro atoms. The Morgan fingerprint density at radius 3 is 2.03 bits per heavy atom. The van der Waals surface area contributed by atoms with Gasteiger partial charge in [-0.25, -0.2) is 0 Å². The molecule has 1 aromatic carbocycles. The first kappa shape index (κ1) is 26.4. The molecule has 1 aliphatic rings. The Bertz CT molecular complexity index is 850. The lowest BCUT2D eigenvalue weighted by molar-refractivity contribution is -0.173. The van der Waals surface area contributed by atoms with Crippen molar-refractivity contribution in [1.82, 2.24) is 4.90 Å². The lowest BCUT2D eigenvalue weighted by atomic mass is 9.78. The Balaban J connectivity index is 2.59. The topological polar surface area (TPSA) is 101 Å². The number of rotatable bonds is 10. The zero-order valence-corrected chi connectivity index (χ0v) is 20.6. The zero-order chi connectivity index (χ0) is 24.8. The van der Waals surface area contributed by atoms with Crippen LogP contribution in [0.4, 0.5) is 0 Å². The van der Waals surface area contributed by atoms with Gasteiger partial charge in [0.25, 0.3) is 0 Å². The van der Waals surface area contributed by atoms with Gasteiger partial charge in [-0.05, 0) is 42.0 Å². The Morgan fingerprint density at radius 1 is 0.970 bits per heavy atom. The summed E-state index contributed by atoms with van der Waals surface area (Å²) in [5.74, 6) is -0.569. The Kier molecular flexibility index (Phi) is 9.10. The molecule has 0 aromatic heterocycles. The summed E-state index contributed by atoms with van der Waals surface area (Å²) in [5.41, 5.74) is 0.334. The van der Waals surface area contributed by atoms with Crippen LogP contribution in [0.5, 0.6) is 11.5 Å². The summed E-state index contributed by atoms with van der Waals surface area (Å²) >= 11 is 0. The standard InChI is InChI=1S/C24H35NO8/c1-15(2)13-24(22(27)32-6,23(28)33-7)14-25-9-8-16-10-19(29-3)20(30-4)11-17(16)18(25)12-21(26)31-5/h10-11,15,18H,8-9,12-14H2,1-7H3. The molecule has 0 bridgehead atoms. The normalized spacial score (nSPS) is 16.1. The minimum atomic E-state index is -1.53. The molecule has 33 heavy (non-hydrogen) atoms. The maximum Gasteiger partial charge on any atom is 0.324 e. The van der Waals surface area contributed by atoms with Crippen molar-refractivity contribution in [3.63, 3.8) is 0 Å². The van der Waals surface area contributed by atoms with E-state index in [0.29, 0.717) is 24.5 Å². The summed E-state index contributed by atoms with van der Waals surface area (Å²) in [7, 11) is 6.96. The third-order valence-corrected chi connectivity index (χ3v) is 6.08. The van der Waals surface area contributed by atoms with E-state index in [1.54, 1.807) is 14.2 Å². The molecule has 9 nitrogen and oxygen atoms in total. The van der Waals surface area contributed by atoms with E-state index in [4.69, 9.17) is 23.7 Å². The van der Waals surface area contributed by atoms with Crippen molar-refractivity contribution in [2.75, 3.05) is 48.6 Å². The van der Waals surface area contributed by atoms with Crippen LogP contribution in [0.15, 0.2) is 12.1 Å². The van der Waals surface area contributed by atoms with Gasteiger partial charge in [-0.2, -0.15) is 0 Å². The van der Waals surface area contributed by atoms with Gasteiger partial charge >= 0.3 is 17.9 Å². The summed E-state index contributed by atoms with van der Waals surface area (Å²) in [5, 5.41) is 0. The first-order valence-corrected chi connectivity index (χ1v) is 10.9. The maximum absolute atomic E-state index is 13.0. The molecule has 1 unspecified atom stereocenters. The van der Waals surface area contributed by atoms with Crippen molar-refractivity contribution in [3.8, 4) is 11.5 Å². The fraction of sp³-hybridized carbons (Fsp3) is 0.625. The molecule has 1 aromatic rings. The van der Waals surface area contributed by atoms with Crippen LogP contribution in [0.2, 0.25) is 0 Å². The number of hydrogen-bond acceptors (Lipinski definition) is 9. The van der Waals surface area contributed by atoms with Crippen LogP contribution < -0.4 is 9.47 Å². The number of hydrogen-bond donors (Lipinski definition) is 0. The predicted molar refractivity (Wildman–Crippen MR) is 120 cm³/mol. The van der Waals surface area contributed by atoms with E-state index < -0.39 is 29.4 Å². The van der Waals surface area contributed by atoms with Gasteiger partial charge in [0.05, 0.1) is 42.0 Å². The van der Waals surface area contributed by atoms with Gasteiger partial charge in [-0.1, -0.05) is 13.8 Å². The van der Waals surface area contributed by atoms with E-state index in [0.717, 1.165) is 11.1 Å². The van der Waals surface area contributed by atoms with E-state index in [1.807, 2.05) is 30.9 Å². The van der Waals surface area contributed by atoms with Crippen molar-refractivity contribution >= 4 is 17.9 Å². The van der Waals surface area contributed by atoms with Gasteiger partial charge in [0.15, 0.2) is 16.9 Å². The van der Waals surface area contributed by atoms with Crippen molar-refractivity contribution < 1.29 is 38.1 Å². The molecule has 1 atom stereocenters. The highest BCUT2D eigenvalue weighted by Gasteiger charge is 2.51. The number of carbonyl (C=O) groups is 3. The summed E-state index contributed by atoms with van der Waals surface area (Å²) in [6.07, 6.45) is 0.916. The minimum Gasteiger partial charge on any atom is -0.493 e. The summed E-state index contributed by atoms with van der Waals surface area (Å²) in [4.78, 5) is 40.3. The SMILES string of the molecule is COC(=O)CC1c2cc(OC)c(OC)cc2CCN1CC(CC(C)C)(C(=O)OC)C(=O)OC. The minimum absolute atomic E-state index is 0.0173. The second-order valence-electron chi connectivity index (χ2n) is 8.59. The fourth-order valence-electron chi connectivity index (χ4n) is 4.63. The molecule has 0 saturated carbocycles. The first-order chi connectivity index (χ1) is 15.7. The molecule has 0 amide bonds. The lowest BCUT2D eigenvalue weighted by Gasteiger charge is -2.42. The van der Waals surface area contributed by atoms with Gasteiger partial charge in [0.2, 0.25) is 0 Å². The van der Waals surface area contributed by atoms with Gasteiger partial charge in [0, 0.05) is 19.1 Å². The highest BCUT2D eigenvalue weighted by Crippen LogP contribution is 2.42. The monoisotopic (exact) mass is 465 g/mol. The van der Waals surface area contributed by atoms with E-state index >= 15 is 0 Å². The molecule has 184 valence electrons. The second-order valence-corrected chi connectivity index (χ2v) is 8.59. The van der Waals surface area contributed by atoms with Crippen LogP contribution >= 0.6 is 0 Å². The molecule has 0 fully saturated rings. The molecule has 0 radical (unpaired) electrons. The quantitative estimate of drug-likeness (QED) is 0.293. The number of benzene rings is 1. The molecular formula is C24H35NO8. The largest absolute Gasteiger partial charge is 0.493 e. The predicted octanol–water partition coefficient (Wildman–Crippen LogP) is 2.54. The van der Waals surface area contributed by atoms with E-state index in [9.17, 15) is 14.4 Å². The number of fused-ring (bicyclic) bond motifs is 1. The third kappa shape index (κ3) is 5.58. The molecule has 0 aliphatic carbocycles. The zero-order valence-electron chi connectivity index (χ0n) is 20.6. The number of nitrogens with zero attached hydrogens (tertiary/aromatic N) is 1. The number of ether oxygens (including phenoxy) is 5. The van der Waals surface area contributed by atoms with Crippen LogP contribution in [0.3, 0.4) is 0 Å². The summed E-state index contributed by atoms with van der Waals surface area (Å²) < 4.78 is 26.0. The molecule has 9 heteroatoms. The lowest BCUT2D eigenvalue weighted by Crippen LogP contribution is -2.52. The molecule has 0 saturated heterocycles. The average molecular weight is 466 g/mol. The van der Waals surface area contributed by atoms with Crippen LogP contribution in [0.1, 0.15) is 43.9 Å².